The van der Waals surface area contributed by atoms with Gasteiger partial charge in [0.05, 0.1) is 0 Å². The van der Waals surface area contributed by atoms with Crippen LogP contribution in [0.2, 0.25) is 0 Å². The molecule has 0 spiro atoms. The third-order valence-electron chi connectivity index (χ3n) is 0. The first-order chi connectivity index (χ1) is 6.93. The van der Waals surface area contributed by atoms with Crippen molar-refractivity contribution >= 4 is 23.9 Å². The minimum absolute atomic E-state index is 0. The van der Waals surface area contributed by atoms with Crippen LogP contribution in [-0.4, -0.2) is 23.9 Å². The molecule has 8 nitrogen and oxygen atoms in total. The van der Waals surface area contributed by atoms with Crippen LogP contribution in [0.5, 0.6) is 0 Å². The van der Waals surface area contributed by atoms with Crippen molar-refractivity contribution in [1.29, 1.82) is 0 Å². The Morgan fingerprint density at radius 1 is 0.529 bits per heavy atom. The fourth-order valence-corrected chi connectivity index (χ4v) is 0. The van der Waals surface area contributed by atoms with Crippen LogP contribution in [0.25, 0.3) is 0 Å². The number of rotatable bonds is 0. The fraction of sp³-hybridized carbons (Fsp3) is 0.500. The molecule has 0 aromatic carbocycles. The molecular weight excluding hydrogens is 327 g/mol. The topological polar surface area (TPSA) is 161 Å². The third-order valence-corrected chi connectivity index (χ3v) is 0. The van der Waals surface area contributed by atoms with E-state index in [-0.39, 0.29) is 19.5 Å². The summed E-state index contributed by atoms with van der Waals surface area (Å²) >= 11 is 0. The SMILES string of the molecule is CC(=O)[O-].CC(=O)[O-].CC(=O)[O-].CC(=O)[O-].[Rh]. The van der Waals surface area contributed by atoms with Gasteiger partial charge in [0, 0.05) is 43.4 Å². The van der Waals surface area contributed by atoms with Gasteiger partial charge < -0.3 is 39.6 Å². The van der Waals surface area contributed by atoms with E-state index in [1.807, 2.05) is 0 Å². The summed E-state index contributed by atoms with van der Waals surface area (Å²) in [6.07, 6.45) is 0. The van der Waals surface area contributed by atoms with Crippen LogP contribution in [0.1, 0.15) is 27.7 Å². The number of carbonyl (C=O) groups is 4. The Bertz CT molecular complexity index is 162. The maximum Gasteiger partial charge on any atom is 0.0383 e. The monoisotopic (exact) mass is 339 g/mol. The molecule has 9 heteroatoms. The van der Waals surface area contributed by atoms with E-state index in [0.29, 0.717) is 0 Å². The maximum atomic E-state index is 8.89. The van der Waals surface area contributed by atoms with Crippen molar-refractivity contribution < 1.29 is 59.1 Å². The van der Waals surface area contributed by atoms with Crippen LogP contribution in [0.3, 0.4) is 0 Å². The average Bonchev–Trinajstić information content (AvgIpc) is 1.76. The molecule has 0 heterocycles. The quantitative estimate of drug-likeness (QED) is 0.396. The van der Waals surface area contributed by atoms with Crippen molar-refractivity contribution in [2.75, 3.05) is 0 Å². The average molecular weight is 339 g/mol. The van der Waals surface area contributed by atoms with Crippen molar-refractivity contribution in [3.8, 4) is 0 Å². The molecular formula is C8H12O8Rh-4. The van der Waals surface area contributed by atoms with Gasteiger partial charge in [0.2, 0.25) is 0 Å². The summed E-state index contributed by atoms with van der Waals surface area (Å²) in [5, 5.41) is 35.6. The summed E-state index contributed by atoms with van der Waals surface area (Å²) in [6, 6.07) is 0. The molecule has 0 aliphatic carbocycles. The first-order valence-corrected chi connectivity index (χ1v) is 3.63. The maximum absolute atomic E-state index is 8.89. The summed E-state index contributed by atoms with van der Waals surface area (Å²) in [4.78, 5) is 35.6. The number of carboxylic acid groups (broad SMARTS) is 4. The molecule has 0 N–H and O–H groups in total. The van der Waals surface area contributed by atoms with Crippen molar-refractivity contribution in [3.05, 3.63) is 0 Å². The number of hydrogen-bond donors (Lipinski definition) is 0. The van der Waals surface area contributed by atoms with Gasteiger partial charge in [0.25, 0.3) is 0 Å². The Balaban J connectivity index is -0.0000000369. The summed E-state index contributed by atoms with van der Waals surface area (Å²) in [5.41, 5.74) is 0. The van der Waals surface area contributed by atoms with Gasteiger partial charge in [0.15, 0.2) is 0 Å². The van der Waals surface area contributed by atoms with E-state index < -0.39 is 23.9 Å². The standard InChI is InChI=1S/4C2H4O2.Rh/c4*1-2(3)4;/h4*1H3,(H,3,4);/p-4. The number of carbonyl (C=O) groups excluding carboxylic acids is 4. The molecule has 17 heavy (non-hydrogen) atoms. The first-order valence-electron chi connectivity index (χ1n) is 3.63. The van der Waals surface area contributed by atoms with Crippen LogP contribution in [-0.2, 0) is 38.7 Å². The molecule has 0 bridgehead atoms. The summed E-state index contributed by atoms with van der Waals surface area (Å²) < 4.78 is 0. The second-order valence-corrected chi connectivity index (χ2v) is 1.97. The van der Waals surface area contributed by atoms with E-state index in [0.717, 1.165) is 27.7 Å². The van der Waals surface area contributed by atoms with Crippen LogP contribution in [0.4, 0.5) is 0 Å². The molecule has 0 aliphatic rings. The molecule has 1 radical (unpaired) electrons. The van der Waals surface area contributed by atoms with Crippen LogP contribution < -0.4 is 20.4 Å². The molecule has 0 aromatic heterocycles. The van der Waals surface area contributed by atoms with E-state index in [1.165, 1.54) is 0 Å². The zero-order valence-corrected chi connectivity index (χ0v) is 11.2. The van der Waals surface area contributed by atoms with Gasteiger partial charge in [-0.2, -0.15) is 0 Å². The van der Waals surface area contributed by atoms with Gasteiger partial charge in [-0.15, -0.1) is 0 Å². The van der Waals surface area contributed by atoms with E-state index in [9.17, 15) is 0 Å². The molecule has 0 atom stereocenters. The van der Waals surface area contributed by atoms with Gasteiger partial charge in [-0.25, -0.2) is 0 Å². The Morgan fingerprint density at radius 3 is 0.529 bits per heavy atom. The predicted molar refractivity (Wildman–Crippen MR) is 42.7 cm³/mol. The third kappa shape index (κ3) is 1010. The molecule has 105 valence electrons. The van der Waals surface area contributed by atoms with Crippen molar-refractivity contribution in [2.24, 2.45) is 0 Å². The molecule has 0 saturated carbocycles. The van der Waals surface area contributed by atoms with Gasteiger partial charge in [-0.1, -0.05) is 0 Å². The number of carboxylic acids is 4. The van der Waals surface area contributed by atoms with Crippen LogP contribution in [0.15, 0.2) is 0 Å². The number of hydrogen-bond acceptors (Lipinski definition) is 8. The molecule has 0 aliphatic heterocycles. The Morgan fingerprint density at radius 2 is 0.529 bits per heavy atom. The normalized spacial score (nSPS) is 5.88. The largest absolute Gasteiger partial charge is 0.550 e. The fourth-order valence-electron chi connectivity index (χ4n) is 0. The van der Waals surface area contributed by atoms with E-state index >= 15 is 0 Å². The molecule has 0 saturated heterocycles. The molecule has 0 amide bonds. The Hall–Kier alpha value is -1.50. The second kappa shape index (κ2) is 24.0. The second-order valence-electron chi connectivity index (χ2n) is 1.97. The summed E-state index contributed by atoms with van der Waals surface area (Å²) in [5.74, 6) is -4.33. The molecule has 0 rings (SSSR count). The summed E-state index contributed by atoms with van der Waals surface area (Å²) in [6.45, 7) is 3.89. The minimum Gasteiger partial charge on any atom is -0.550 e. The van der Waals surface area contributed by atoms with E-state index in [4.69, 9.17) is 39.6 Å². The van der Waals surface area contributed by atoms with Gasteiger partial charge in [-0.05, 0) is 27.7 Å². The summed E-state index contributed by atoms with van der Waals surface area (Å²) in [7, 11) is 0. The molecule has 0 unspecified atom stereocenters. The number of aliphatic carboxylic acids is 4. The van der Waals surface area contributed by atoms with Crippen molar-refractivity contribution in [2.45, 2.75) is 27.7 Å². The van der Waals surface area contributed by atoms with Gasteiger partial charge >= 0.3 is 0 Å². The molecule has 0 fully saturated rings. The first kappa shape index (κ1) is 29.6. The van der Waals surface area contributed by atoms with Gasteiger partial charge in [-0.3, -0.25) is 0 Å². The predicted octanol–water partition coefficient (Wildman–Crippen LogP) is -4.98. The van der Waals surface area contributed by atoms with E-state index in [1.54, 1.807) is 0 Å². The smallest absolute Gasteiger partial charge is 0.0383 e. The van der Waals surface area contributed by atoms with Crippen LogP contribution >= 0.6 is 0 Å². The van der Waals surface area contributed by atoms with E-state index in [2.05, 4.69) is 0 Å². The van der Waals surface area contributed by atoms with Crippen molar-refractivity contribution in [1.82, 2.24) is 0 Å². The zero-order valence-electron chi connectivity index (χ0n) is 9.60. The zero-order chi connectivity index (χ0) is 14.3. The van der Waals surface area contributed by atoms with Crippen LogP contribution in [0, 0.1) is 0 Å². The van der Waals surface area contributed by atoms with Gasteiger partial charge in [0.1, 0.15) is 0 Å². The Labute approximate surface area is 111 Å². The minimum atomic E-state index is -1.08. The molecule has 0 aromatic rings. The Kier molecular flexibility index (Phi) is 41.7. The van der Waals surface area contributed by atoms with Crippen molar-refractivity contribution in [3.63, 3.8) is 0 Å².